The number of carbonyl (C=O) groups is 2. The highest BCUT2D eigenvalue weighted by Crippen LogP contribution is 2.27. The molecule has 0 spiro atoms. The second-order valence-corrected chi connectivity index (χ2v) is 6.08. The van der Waals surface area contributed by atoms with E-state index in [1.165, 1.54) is 17.0 Å². The van der Waals surface area contributed by atoms with E-state index in [9.17, 15) is 19.8 Å². The van der Waals surface area contributed by atoms with Gasteiger partial charge in [0.25, 0.3) is 11.8 Å². The van der Waals surface area contributed by atoms with Crippen LogP contribution in [-0.2, 0) is 6.54 Å². The van der Waals surface area contributed by atoms with Crippen LogP contribution < -0.4 is 10.2 Å². The van der Waals surface area contributed by atoms with Crippen LogP contribution in [0.1, 0.15) is 26.3 Å². The number of aromatic hydroxyl groups is 2. The highest BCUT2D eigenvalue weighted by molar-refractivity contribution is 6.08. The molecule has 0 fully saturated rings. The first-order valence-electron chi connectivity index (χ1n) is 8.54. The molecule has 1 heterocycles. The molecular formula is C21H19N3O4. The molecule has 7 nitrogen and oxygen atoms in total. The zero-order valence-corrected chi connectivity index (χ0v) is 15.2. The molecule has 28 heavy (non-hydrogen) atoms. The van der Waals surface area contributed by atoms with Crippen LogP contribution in [0.2, 0.25) is 0 Å². The lowest BCUT2D eigenvalue weighted by Gasteiger charge is -2.23. The van der Waals surface area contributed by atoms with Crippen LogP contribution in [0.15, 0.2) is 67.0 Å². The summed E-state index contributed by atoms with van der Waals surface area (Å²) in [4.78, 5) is 30.4. The highest BCUT2D eigenvalue weighted by atomic mass is 16.3. The number of benzene rings is 2. The van der Waals surface area contributed by atoms with Gasteiger partial charge in [0.1, 0.15) is 11.5 Å². The van der Waals surface area contributed by atoms with E-state index in [0.29, 0.717) is 11.3 Å². The van der Waals surface area contributed by atoms with E-state index in [0.717, 1.165) is 11.6 Å². The normalized spacial score (nSPS) is 10.3. The van der Waals surface area contributed by atoms with Gasteiger partial charge in [-0.1, -0.05) is 6.07 Å². The zero-order chi connectivity index (χ0) is 20.1. The molecule has 2 amide bonds. The predicted molar refractivity (Wildman–Crippen MR) is 104 cm³/mol. The van der Waals surface area contributed by atoms with Crippen molar-refractivity contribution in [3.63, 3.8) is 0 Å². The summed E-state index contributed by atoms with van der Waals surface area (Å²) >= 11 is 0. The predicted octanol–water partition coefficient (Wildman–Crippen LogP) is 2.70. The van der Waals surface area contributed by atoms with E-state index < -0.39 is 5.91 Å². The topological polar surface area (TPSA) is 103 Å². The van der Waals surface area contributed by atoms with Crippen molar-refractivity contribution in [2.75, 3.05) is 11.9 Å². The van der Waals surface area contributed by atoms with Gasteiger partial charge in [-0.3, -0.25) is 14.6 Å². The van der Waals surface area contributed by atoms with Gasteiger partial charge in [0.15, 0.2) is 0 Å². The standard InChI is InChI=1S/C21H19N3O4/c1-22-20(27)15-4-6-16(7-5-15)24(13-14-3-2-10-23-12-14)21(28)18-9-8-17(25)11-19(18)26/h2-12,25-26H,13H2,1H3,(H,22,27). The van der Waals surface area contributed by atoms with Crippen molar-refractivity contribution in [1.82, 2.24) is 10.3 Å². The number of amides is 2. The van der Waals surface area contributed by atoms with Gasteiger partial charge in [-0.15, -0.1) is 0 Å². The quantitative estimate of drug-likeness (QED) is 0.634. The number of rotatable bonds is 5. The van der Waals surface area contributed by atoms with Gasteiger partial charge < -0.3 is 20.4 Å². The summed E-state index contributed by atoms with van der Waals surface area (Å²) in [6, 6.07) is 14.0. The molecule has 3 rings (SSSR count). The molecule has 0 saturated heterocycles. The van der Waals surface area contributed by atoms with E-state index in [2.05, 4.69) is 10.3 Å². The Labute approximate surface area is 161 Å². The average molecular weight is 377 g/mol. The second-order valence-electron chi connectivity index (χ2n) is 6.08. The summed E-state index contributed by atoms with van der Waals surface area (Å²) in [5, 5.41) is 22.1. The Morgan fingerprint density at radius 1 is 1.07 bits per heavy atom. The summed E-state index contributed by atoms with van der Waals surface area (Å²) in [5.41, 5.74) is 1.86. The molecule has 2 aromatic carbocycles. The average Bonchev–Trinajstić information content (AvgIpc) is 2.72. The molecule has 0 unspecified atom stereocenters. The van der Waals surface area contributed by atoms with Crippen molar-refractivity contribution < 1.29 is 19.8 Å². The minimum Gasteiger partial charge on any atom is -0.508 e. The SMILES string of the molecule is CNC(=O)c1ccc(N(Cc2cccnc2)C(=O)c2ccc(O)cc2O)cc1. The monoisotopic (exact) mass is 377 g/mol. The lowest BCUT2D eigenvalue weighted by Crippen LogP contribution is -2.30. The van der Waals surface area contributed by atoms with Crippen LogP contribution in [0.4, 0.5) is 5.69 Å². The van der Waals surface area contributed by atoms with Crippen LogP contribution in [0, 0.1) is 0 Å². The molecule has 3 N–H and O–H groups in total. The number of phenols is 2. The number of carbonyl (C=O) groups excluding carboxylic acids is 2. The molecule has 0 bridgehead atoms. The molecule has 142 valence electrons. The maximum absolute atomic E-state index is 13.1. The molecule has 7 heteroatoms. The smallest absolute Gasteiger partial charge is 0.262 e. The molecule has 0 aliphatic heterocycles. The van der Waals surface area contributed by atoms with Crippen LogP contribution in [-0.4, -0.2) is 34.1 Å². The Bertz CT molecular complexity index is 988. The Morgan fingerprint density at radius 2 is 1.82 bits per heavy atom. The lowest BCUT2D eigenvalue weighted by atomic mass is 10.1. The molecule has 1 aromatic heterocycles. The number of anilines is 1. The number of hydrogen-bond acceptors (Lipinski definition) is 5. The maximum Gasteiger partial charge on any atom is 0.262 e. The first kappa shape index (κ1) is 18.9. The summed E-state index contributed by atoms with van der Waals surface area (Å²) in [6.07, 6.45) is 3.29. The number of nitrogens with one attached hydrogen (secondary N) is 1. The van der Waals surface area contributed by atoms with E-state index in [-0.39, 0.29) is 29.5 Å². The van der Waals surface area contributed by atoms with Crippen molar-refractivity contribution >= 4 is 17.5 Å². The summed E-state index contributed by atoms with van der Waals surface area (Å²) in [5.74, 6) is -1.13. The first-order valence-corrected chi connectivity index (χ1v) is 8.54. The van der Waals surface area contributed by atoms with Crippen molar-refractivity contribution in [2.45, 2.75) is 6.54 Å². The van der Waals surface area contributed by atoms with Gasteiger partial charge in [-0.05, 0) is 48.0 Å². The minimum absolute atomic E-state index is 0.0528. The molecule has 0 saturated carbocycles. The number of aromatic nitrogens is 1. The van der Waals surface area contributed by atoms with E-state index in [1.54, 1.807) is 49.8 Å². The van der Waals surface area contributed by atoms with E-state index >= 15 is 0 Å². The Hall–Kier alpha value is -3.87. The zero-order valence-electron chi connectivity index (χ0n) is 15.2. The summed E-state index contributed by atoms with van der Waals surface area (Å²) < 4.78 is 0. The van der Waals surface area contributed by atoms with Gasteiger partial charge in [0, 0.05) is 36.8 Å². The molecule has 0 aliphatic carbocycles. The third-order valence-corrected chi connectivity index (χ3v) is 4.19. The van der Waals surface area contributed by atoms with Crippen LogP contribution in [0.25, 0.3) is 0 Å². The van der Waals surface area contributed by atoms with Crippen molar-refractivity contribution in [1.29, 1.82) is 0 Å². The van der Waals surface area contributed by atoms with Crippen LogP contribution in [0.5, 0.6) is 11.5 Å². The third-order valence-electron chi connectivity index (χ3n) is 4.19. The molecular weight excluding hydrogens is 358 g/mol. The molecule has 0 aliphatic rings. The van der Waals surface area contributed by atoms with Gasteiger partial charge in [0.05, 0.1) is 12.1 Å². The fourth-order valence-electron chi connectivity index (χ4n) is 2.74. The lowest BCUT2D eigenvalue weighted by molar-refractivity contribution is 0.0961. The van der Waals surface area contributed by atoms with Crippen LogP contribution >= 0.6 is 0 Å². The van der Waals surface area contributed by atoms with Gasteiger partial charge in [-0.2, -0.15) is 0 Å². The third kappa shape index (κ3) is 4.09. The number of phenolic OH excluding ortho intramolecular Hbond substituents is 2. The Kier molecular flexibility index (Phi) is 5.55. The van der Waals surface area contributed by atoms with Gasteiger partial charge in [-0.25, -0.2) is 0 Å². The number of hydrogen-bond donors (Lipinski definition) is 3. The van der Waals surface area contributed by atoms with E-state index in [1.807, 2.05) is 6.07 Å². The number of pyridine rings is 1. The molecule has 3 aromatic rings. The van der Waals surface area contributed by atoms with E-state index in [4.69, 9.17) is 0 Å². The Balaban J connectivity index is 1.99. The van der Waals surface area contributed by atoms with Crippen molar-refractivity contribution in [2.24, 2.45) is 0 Å². The maximum atomic E-state index is 13.1. The molecule has 0 radical (unpaired) electrons. The second kappa shape index (κ2) is 8.22. The Morgan fingerprint density at radius 3 is 2.43 bits per heavy atom. The highest BCUT2D eigenvalue weighted by Gasteiger charge is 2.22. The summed E-state index contributed by atoms with van der Waals surface area (Å²) in [6.45, 7) is 0.215. The minimum atomic E-state index is -0.450. The van der Waals surface area contributed by atoms with Gasteiger partial charge in [0.2, 0.25) is 0 Å². The number of nitrogens with zero attached hydrogens (tertiary/aromatic N) is 2. The largest absolute Gasteiger partial charge is 0.508 e. The fourth-order valence-corrected chi connectivity index (χ4v) is 2.74. The van der Waals surface area contributed by atoms with Crippen molar-refractivity contribution in [3.05, 3.63) is 83.7 Å². The van der Waals surface area contributed by atoms with Crippen LogP contribution in [0.3, 0.4) is 0 Å². The van der Waals surface area contributed by atoms with Crippen molar-refractivity contribution in [3.8, 4) is 11.5 Å². The summed E-state index contributed by atoms with van der Waals surface area (Å²) in [7, 11) is 1.54. The molecule has 0 atom stereocenters. The fraction of sp³-hybridized carbons (Fsp3) is 0.0952. The first-order chi connectivity index (χ1) is 13.5. The van der Waals surface area contributed by atoms with Gasteiger partial charge >= 0.3 is 0 Å².